The third kappa shape index (κ3) is 3.45. The number of carbonyl (C=O) groups excluding carboxylic acids is 1. The average molecular weight is 217 g/mol. The van der Waals surface area contributed by atoms with Crippen molar-refractivity contribution >= 4 is 5.91 Å². The average Bonchev–Trinajstić information content (AvgIpc) is 2.06. The van der Waals surface area contributed by atoms with Gasteiger partial charge in [-0.2, -0.15) is 0 Å². The Hall–Kier alpha value is -1.05. The monoisotopic (exact) mass is 217 g/mol. The Morgan fingerprint density at radius 3 is 2.31 bits per heavy atom. The van der Waals surface area contributed by atoms with Crippen LogP contribution >= 0.6 is 0 Å². The molecule has 0 radical (unpaired) electrons. The Balaban J connectivity index is 0.00000144. The summed E-state index contributed by atoms with van der Waals surface area (Å²) in [6.07, 6.45) is 2.64. The zero-order valence-electron chi connectivity index (χ0n) is 7.14. The molecule has 2 nitrogen and oxygen atoms in total. The first-order chi connectivity index (χ1) is 5.74. The van der Waals surface area contributed by atoms with Crippen LogP contribution in [-0.2, 0) is 23.5 Å². The molecule has 0 unspecified atom stereocenters. The van der Waals surface area contributed by atoms with Crippen molar-refractivity contribution < 1.29 is 21.9 Å². The molecule has 0 aliphatic rings. The van der Waals surface area contributed by atoms with E-state index >= 15 is 0 Å². The summed E-state index contributed by atoms with van der Waals surface area (Å²) in [5, 5.41) is 0. The Morgan fingerprint density at radius 2 is 1.92 bits per heavy atom. The van der Waals surface area contributed by atoms with Crippen molar-refractivity contribution in [2.24, 2.45) is 5.73 Å². The second-order valence-electron chi connectivity index (χ2n) is 2.55. The van der Waals surface area contributed by atoms with Crippen molar-refractivity contribution in [1.29, 1.82) is 0 Å². The van der Waals surface area contributed by atoms with Crippen LogP contribution in [0, 0.1) is 0 Å². The number of carbonyl (C=O) groups is 1. The Labute approximate surface area is 88.3 Å². The van der Waals surface area contributed by atoms with Crippen LogP contribution in [0.3, 0.4) is 0 Å². The van der Waals surface area contributed by atoms with E-state index in [4.69, 9.17) is 5.73 Å². The predicted octanol–water partition coefficient (Wildman–Crippen LogP) is 1.51. The van der Waals surface area contributed by atoms with E-state index < -0.39 is 0 Å². The summed E-state index contributed by atoms with van der Waals surface area (Å²) in [5.41, 5.74) is 6.76. The second kappa shape index (κ2) is 5.57. The summed E-state index contributed by atoms with van der Waals surface area (Å²) < 4.78 is 0. The standard InChI is InChI=1S/C10H11NO.Fe/c1-2-3-8-4-6-9(7-5-8)10(11)12;/h2,4-7H,1,3H2,(H2,11,12);. The quantitative estimate of drug-likeness (QED) is 0.605. The first-order valence-electron chi connectivity index (χ1n) is 3.73. The normalized spacial score (nSPS) is 8.62. The van der Waals surface area contributed by atoms with Crippen LogP contribution in [-0.4, -0.2) is 5.91 Å². The van der Waals surface area contributed by atoms with Crippen LogP contribution in [0.1, 0.15) is 15.9 Å². The van der Waals surface area contributed by atoms with Crippen LogP contribution in [0.15, 0.2) is 36.9 Å². The van der Waals surface area contributed by atoms with Crippen LogP contribution in [0.25, 0.3) is 0 Å². The maximum absolute atomic E-state index is 10.7. The van der Waals surface area contributed by atoms with E-state index in [0.717, 1.165) is 12.0 Å². The molecule has 0 spiro atoms. The van der Waals surface area contributed by atoms with Gasteiger partial charge >= 0.3 is 0 Å². The summed E-state index contributed by atoms with van der Waals surface area (Å²) in [7, 11) is 0. The van der Waals surface area contributed by atoms with Gasteiger partial charge in [0.15, 0.2) is 0 Å². The third-order valence-corrected chi connectivity index (χ3v) is 1.62. The number of allylic oxidation sites excluding steroid dienone is 1. The number of hydrogen-bond acceptors (Lipinski definition) is 1. The molecule has 1 aromatic rings. The molecule has 1 rings (SSSR count). The molecule has 0 bridgehead atoms. The molecule has 0 fully saturated rings. The summed E-state index contributed by atoms with van der Waals surface area (Å²) in [5.74, 6) is -0.389. The van der Waals surface area contributed by atoms with Crippen molar-refractivity contribution in [1.82, 2.24) is 0 Å². The van der Waals surface area contributed by atoms with Gasteiger partial charge in [0.25, 0.3) is 0 Å². The Bertz CT molecular complexity index is 292. The van der Waals surface area contributed by atoms with Gasteiger partial charge in [0.2, 0.25) is 5.91 Å². The SMILES string of the molecule is C=CCc1ccc(C(N)=O)cc1.[Fe]. The fourth-order valence-corrected chi connectivity index (χ4v) is 0.972. The minimum atomic E-state index is -0.389. The van der Waals surface area contributed by atoms with Crippen molar-refractivity contribution in [3.63, 3.8) is 0 Å². The van der Waals surface area contributed by atoms with Gasteiger partial charge in [0.05, 0.1) is 0 Å². The fourth-order valence-electron chi connectivity index (χ4n) is 0.972. The van der Waals surface area contributed by atoms with E-state index in [9.17, 15) is 4.79 Å². The maximum atomic E-state index is 10.7. The minimum absolute atomic E-state index is 0. The topological polar surface area (TPSA) is 43.1 Å². The molecule has 1 amide bonds. The molecule has 0 saturated heterocycles. The third-order valence-electron chi connectivity index (χ3n) is 1.62. The molecule has 13 heavy (non-hydrogen) atoms. The van der Waals surface area contributed by atoms with Crippen molar-refractivity contribution in [2.45, 2.75) is 6.42 Å². The molecule has 70 valence electrons. The number of benzene rings is 1. The van der Waals surface area contributed by atoms with Gasteiger partial charge in [-0.15, -0.1) is 6.58 Å². The van der Waals surface area contributed by atoms with Gasteiger partial charge in [-0.1, -0.05) is 18.2 Å². The molecule has 0 heterocycles. The summed E-state index contributed by atoms with van der Waals surface area (Å²) in [4.78, 5) is 10.7. The smallest absolute Gasteiger partial charge is 0.248 e. The number of rotatable bonds is 3. The first-order valence-corrected chi connectivity index (χ1v) is 3.73. The zero-order valence-corrected chi connectivity index (χ0v) is 8.24. The van der Waals surface area contributed by atoms with Gasteiger partial charge in [-0.25, -0.2) is 0 Å². The van der Waals surface area contributed by atoms with E-state index in [0.29, 0.717) is 5.56 Å². The molecule has 0 aliphatic carbocycles. The predicted molar refractivity (Wildman–Crippen MR) is 48.9 cm³/mol. The largest absolute Gasteiger partial charge is 0.366 e. The summed E-state index contributed by atoms with van der Waals surface area (Å²) >= 11 is 0. The summed E-state index contributed by atoms with van der Waals surface area (Å²) in [6, 6.07) is 7.20. The van der Waals surface area contributed by atoms with Gasteiger partial charge in [-0.3, -0.25) is 4.79 Å². The maximum Gasteiger partial charge on any atom is 0.248 e. The Morgan fingerprint density at radius 1 is 1.38 bits per heavy atom. The van der Waals surface area contributed by atoms with Crippen LogP contribution < -0.4 is 5.73 Å². The molecule has 2 N–H and O–H groups in total. The van der Waals surface area contributed by atoms with Gasteiger partial charge in [-0.05, 0) is 24.1 Å². The molecule has 0 atom stereocenters. The van der Waals surface area contributed by atoms with Crippen LogP contribution in [0.5, 0.6) is 0 Å². The van der Waals surface area contributed by atoms with E-state index in [1.807, 2.05) is 18.2 Å². The van der Waals surface area contributed by atoms with E-state index in [-0.39, 0.29) is 23.0 Å². The molecular formula is C10H11FeNO. The molecule has 0 saturated carbocycles. The molecule has 0 aliphatic heterocycles. The van der Waals surface area contributed by atoms with Gasteiger partial charge in [0.1, 0.15) is 0 Å². The van der Waals surface area contributed by atoms with E-state index in [2.05, 4.69) is 6.58 Å². The zero-order chi connectivity index (χ0) is 8.97. The number of nitrogens with two attached hydrogens (primary N) is 1. The molecule has 3 heteroatoms. The first kappa shape index (κ1) is 11.9. The molecule has 1 aromatic carbocycles. The van der Waals surface area contributed by atoms with Gasteiger partial charge in [0, 0.05) is 22.6 Å². The number of amides is 1. The van der Waals surface area contributed by atoms with Gasteiger partial charge < -0.3 is 5.73 Å². The number of hydrogen-bond donors (Lipinski definition) is 1. The minimum Gasteiger partial charge on any atom is -0.366 e. The summed E-state index contributed by atoms with van der Waals surface area (Å²) in [6.45, 7) is 3.62. The molecular weight excluding hydrogens is 206 g/mol. The van der Waals surface area contributed by atoms with E-state index in [1.54, 1.807) is 12.1 Å². The molecule has 0 aromatic heterocycles. The fraction of sp³-hybridized carbons (Fsp3) is 0.100. The van der Waals surface area contributed by atoms with Crippen LogP contribution in [0.2, 0.25) is 0 Å². The van der Waals surface area contributed by atoms with Crippen molar-refractivity contribution in [2.75, 3.05) is 0 Å². The Kier molecular flexibility index (Phi) is 5.12. The second-order valence-corrected chi connectivity index (χ2v) is 2.55. The number of primary amides is 1. The van der Waals surface area contributed by atoms with E-state index in [1.165, 1.54) is 0 Å². The van der Waals surface area contributed by atoms with Crippen LogP contribution in [0.4, 0.5) is 0 Å². The van der Waals surface area contributed by atoms with Crippen molar-refractivity contribution in [3.8, 4) is 0 Å². The van der Waals surface area contributed by atoms with Crippen molar-refractivity contribution in [3.05, 3.63) is 48.0 Å².